The van der Waals surface area contributed by atoms with Gasteiger partial charge in [0, 0.05) is 19.4 Å². The van der Waals surface area contributed by atoms with Crippen molar-refractivity contribution in [3.63, 3.8) is 0 Å². The van der Waals surface area contributed by atoms with Crippen molar-refractivity contribution < 1.29 is 37.6 Å². The molecule has 0 aliphatic rings. The van der Waals surface area contributed by atoms with Gasteiger partial charge in [-0.1, -0.05) is 216 Å². The van der Waals surface area contributed by atoms with Gasteiger partial charge in [-0.25, -0.2) is 4.57 Å². The Morgan fingerprint density at radius 2 is 0.846 bits per heavy atom. The van der Waals surface area contributed by atoms with E-state index < -0.39 is 26.5 Å². The molecule has 2 atom stereocenters. The number of carbonyl (C=O) groups excluding carboxylic acids is 2. The summed E-state index contributed by atoms with van der Waals surface area (Å²) in [5.41, 5.74) is 5.37. The minimum Gasteiger partial charge on any atom is -0.462 e. The molecular weight excluding hydrogens is 834 g/mol. The summed E-state index contributed by atoms with van der Waals surface area (Å²) in [6.07, 6.45) is 62.8. The molecule has 0 amide bonds. The molecule has 0 aliphatic heterocycles. The molecule has 0 saturated heterocycles. The molecule has 3 N–H and O–H groups in total. The van der Waals surface area contributed by atoms with Crippen LogP contribution < -0.4 is 5.73 Å². The van der Waals surface area contributed by atoms with Crippen LogP contribution in [0.2, 0.25) is 0 Å². The molecule has 0 aromatic carbocycles. The fourth-order valence-corrected chi connectivity index (χ4v) is 8.21. The molecule has 0 rings (SSSR count). The largest absolute Gasteiger partial charge is 0.472 e. The third kappa shape index (κ3) is 51.0. The van der Waals surface area contributed by atoms with Crippen LogP contribution in [0.3, 0.4) is 0 Å². The number of carbonyl (C=O) groups is 2. The van der Waals surface area contributed by atoms with E-state index in [0.717, 1.165) is 70.6 Å². The van der Waals surface area contributed by atoms with Gasteiger partial charge in [0.1, 0.15) is 6.61 Å². The minimum absolute atomic E-state index is 0.0474. The third-order valence-electron chi connectivity index (χ3n) is 11.4. The molecular formula is C55H100NO8P. The van der Waals surface area contributed by atoms with Crippen LogP contribution in [0.25, 0.3) is 0 Å². The highest BCUT2D eigenvalue weighted by atomic mass is 31.2. The highest BCUT2D eigenvalue weighted by Crippen LogP contribution is 2.43. The quantitative estimate of drug-likeness (QED) is 0.0265. The Balaban J connectivity index is 3.98. The Bertz CT molecular complexity index is 1250. The van der Waals surface area contributed by atoms with Gasteiger partial charge in [-0.2, -0.15) is 0 Å². The molecule has 0 heterocycles. The van der Waals surface area contributed by atoms with Gasteiger partial charge in [0.2, 0.25) is 0 Å². The Hall–Kier alpha value is -2.29. The molecule has 0 aromatic heterocycles. The maximum Gasteiger partial charge on any atom is 0.472 e. The molecule has 10 heteroatoms. The Morgan fingerprint density at radius 3 is 1.28 bits per heavy atom. The number of rotatable bonds is 50. The van der Waals surface area contributed by atoms with Crippen LogP contribution in [0.15, 0.2) is 60.8 Å². The van der Waals surface area contributed by atoms with Crippen LogP contribution in [-0.2, 0) is 32.7 Å². The van der Waals surface area contributed by atoms with E-state index in [0.29, 0.717) is 6.42 Å². The standard InChI is InChI=1S/C55H100NO8P/c1-3-5-7-9-11-13-15-17-19-21-22-23-24-25-26-27-28-29-30-32-33-35-37-39-41-43-45-47-54(57)61-51-53(52-63-65(59,60)62-50-49-56)64-55(58)48-46-44-42-40-38-36-34-31-20-18-16-14-12-10-8-6-4-2/h6,8,12,14,18,20-22,34,36,53H,3-5,7,9-11,13,15-17,19,23-33,35,37-52,56H2,1-2H3,(H,59,60)/b8-6-,14-12-,20-18-,22-21-,36-34-. The number of allylic oxidation sites excluding steroid dienone is 10. The van der Waals surface area contributed by atoms with Gasteiger partial charge in [0.25, 0.3) is 0 Å². The number of esters is 2. The molecule has 65 heavy (non-hydrogen) atoms. The third-order valence-corrected chi connectivity index (χ3v) is 12.4. The normalized spacial score (nSPS) is 13.6. The van der Waals surface area contributed by atoms with Crippen molar-refractivity contribution in [2.45, 2.75) is 251 Å². The first-order valence-corrected chi connectivity index (χ1v) is 28.3. The summed E-state index contributed by atoms with van der Waals surface area (Å²) >= 11 is 0. The highest BCUT2D eigenvalue weighted by molar-refractivity contribution is 7.47. The van der Waals surface area contributed by atoms with E-state index in [1.165, 1.54) is 141 Å². The van der Waals surface area contributed by atoms with E-state index in [9.17, 15) is 19.0 Å². The second-order valence-electron chi connectivity index (χ2n) is 17.7. The maximum atomic E-state index is 12.6. The van der Waals surface area contributed by atoms with Crippen molar-refractivity contribution in [2.24, 2.45) is 5.73 Å². The van der Waals surface area contributed by atoms with Crippen molar-refractivity contribution in [2.75, 3.05) is 26.4 Å². The summed E-state index contributed by atoms with van der Waals surface area (Å²) in [7, 11) is -4.39. The van der Waals surface area contributed by atoms with E-state index in [1.54, 1.807) is 0 Å². The second-order valence-corrected chi connectivity index (χ2v) is 19.2. The summed E-state index contributed by atoms with van der Waals surface area (Å²) in [5, 5.41) is 0. The summed E-state index contributed by atoms with van der Waals surface area (Å²) in [6, 6.07) is 0. The predicted molar refractivity (Wildman–Crippen MR) is 275 cm³/mol. The summed E-state index contributed by atoms with van der Waals surface area (Å²) < 4.78 is 32.9. The lowest BCUT2D eigenvalue weighted by Gasteiger charge is -2.19. The molecule has 0 fully saturated rings. The first-order chi connectivity index (χ1) is 31.8. The van der Waals surface area contributed by atoms with Crippen LogP contribution >= 0.6 is 7.82 Å². The Kier molecular flexibility index (Phi) is 49.3. The van der Waals surface area contributed by atoms with Crippen molar-refractivity contribution in [3.8, 4) is 0 Å². The Labute approximate surface area is 399 Å². The van der Waals surface area contributed by atoms with Crippen LogP contribution in [0, 0.1) is 0 Å². The molecule has 0 radical (unpaired) electrons. The lowest BCUT2D eigenvalue weighted by molar-refractivity contribution is -0.161. The molecule has 9 nitrogen and oxygen atoms in total. The average Bonchev–Trinajstić information content (AvgIpc) is 3.30. The summed E-state index contributed by atoms with van der Waals surface area (Å²) in [6.45, 7) is 3.61. The SMILES string of the molecule is CC/C=C\C/C=C\C/C=C\C/C=C\CCCCCCC(=O)OC(COC(=O)CCCCCCCCCCCCCCCCC/C=C\CCCCCCCCCC)COP(=O)(O)OCCN. The first-order valence-electron chi connectivity index (χ1n) is 26.8. The van der Waals surface area contributed by atoms with E-state index in [4.69, 9.17) is 24.3 Å². The second kappa shape index (κ2) is 51.1. The highest BCUT2D eigenvalue weighted by Gasteiger charge is 2.26. The van der Waals surface area contributed by atoms with Gasteiger partial charge < -0.3 is 20.1 Å². The Morgan fingerprint density at radius 1 is 0.477 bits per heavy atom. The molecule has 0 bridgehead atoms. The molecule has 0 aliphatic carbocycles. The summed E-state index contributed by atoms with van der Waals surface area (Å²) in [5.74, 6) is -0.851. The molecule has 0 spiro atoms. The van der Waals surface area contributed by atoms with Crippen LogP contribution in [0.1, 0.15) is 245 Å². The molecule has 378 valence electrons. The van der Waals surface area contributed by atoms with Crippen LogP contribution in [0.4, 0.5) is 0 Å². The number of nitrogens with two attached hydrogens (primary N) is 1. The molecule has 2 unspecified atom stereocenters. The van der Waals surface area contributed by atoms with Gasteiger partial charge in [-0.15, -0.1) is 0 Å². The number of phosphoric ester groups is 1. The maximum absolute atomic E-state index is 12.6. The zero-order valence-corrected chi connectivity index (χ0v) is 42.9. The topological polar surface area (TPSA) is 134 Å². The zero-order valence-electron chi connectivity index (χ0n) is 42.0. The van der Waals surface area contributed by atoms with E-state index in [2.05, 4.69) is 74.6 Å². The lowest BCUT2D eigenvalue weighted by atomic mass is 10.0. The fourth-order valence-electron chi connectivity index (χ4n) is 7.45. The number of ether oxygens (including phenoxy) is 2. The molecule has 0 aromatic rings. The van der Waals surface area contributed by atoms with E-state index >= 15 is 0 Å². The van der Waals surface area contributed by atoms with Gasteiger partial charge in [-0.3, -0.25) is 18.6 Å². The van der Waals surface area contributed by atoms with Crippen LogP contribution in [0.5, 0.6) is 0 Å². The number of hydrogen-bond acceptors (Lipinski definition) is 8. The number of hydrogen-bond donors (Lipinski definition) is 2. The minimum atomic E-state index is -4.39. The van der Waals surface area contributed by atoms with Gasteiger partial charge in [-0.05, 0) is 77.0 Å². The van der Waals surface area contributed by atoms with Crippen LogP contribution in [-0.4, -0.2) is 49.3 Å². The van der Waals surface area contributed by atoms with Crippen molar-refractivity contribution in [1.82, 2.24) is 0 Å². The molecule has 0 saturated carbocycles. The smallest absolute Gasteiger partial charge is 0.462 e. The van der Waals surface area contributed by atoms with E-state index in [-0.39, 0.29) is 38.6 Å². The van der Waals surface area contributed by atoms with Gasteiger partial charge >= 0.3 is 19.8 Å². The monoisotopic (exact) mass is 934 g/mol. The van der Waals surface area contributed by atoms with Crippen molar-refractivity contribution in [3.05, 3.63) is 60.8 Å². The fraction of sp³-hybridized carbons (Fsp3) is 0.782. The van der Waals surface area contributed by atoms with Gasteiger partial charge in [0.15, 0.2) is 6.10 Å². The van der Waals surface area contributed by atoms with Crippen molar-refractivity contribution >= 4 is 19.8 Å². The lowest BCUT2D eigenvalue weighted by Crippen LogP contribution is -2.29. The summed E-state index contributed by atoms with van der Waals surface area (Å²) in [4.78, 5) is 35.1. The number of unbranched alkanes of at least 4 members (excludes halogenated alkanes) is 27. The first kappa shape index (κ1) is 62.7. The van der Waals surface area contributed by atoms with E-state index in [1.807, 2.05) is 0 Å². The number of phosphoric acid groups is 1. The van der Waals surface area contributed by atoms with Gasteiger partial charge in [0.05, 0.1) is 13.2 Å². The predicted octanol–water partition coefficient (Wildman–Crippen LogP) is 16.4. The zero-order chi connectivity index (χ0) is 47.4. The van der Waals surface area contributed by atoms with Crippen molar-refractivity contribution in [1.29, 1.82) is 0 Å². The average molecular weight is 934 g/mol.